The summed E-state index contributed by atoms with van der Waals surface area (Å²) in [6.45, 7) is -0.183. The molecular formula is C30H24Cl2F3N3O3S. The van der Waals surface area contributed by atoms with Gasteiger partial charge in [-0.15, -0.1) is 11.3 Å². The maximum atomic E-state index is 15.0. The van der Waals surface area contributed by atoms with E-state index in [1.54, 1.807) is 18.2 Å². The number of aromatic nitrogens is 2. The van der Waals surface area contributed by atoms with Gasteiger partial charge in [0, 0.05) is 17.0 Å². The van der Waals surface area contributed by atoms with Gasteiger partial charge in [0.05, 0.1) is 33.0 Å². The van der Waals surface area contributed by atoms with Gasteiger partial charge in [0.2, 0.25) is 0 Å². The van der Waals surface area contributed by atoms with Gasteiger partial charge >= 0.3 is 0 Å². The molecule has 12 heteroatoms. The van der Waals surface area contributed by atoms with Crippen molar-refractivity contribution in [3.63, 3.8) is 0 Å². The highest BCUT2D eigenvalue weighted by molar-refractivity contribution is 7.18. The third kappa shape index (κ3) is 4.36. The second-order valence-electron chi connectivity index (χ2n) is 11.5. The van der Waals surface area contributed by atoms with Crippen molar-refractivity contribution < 1.29 is 27.5 Å². The molecule has 3 fully saturated rings. The normalized spacial score (nSPS) is 27.2. The number of hydrogen-bond donors (Lipinski definition) is 1. The molecule has 7 rings (SSSR count). The third-order valence-corrected chi connectivity index (χ3v) is 10.9. The predicted molar refractivity (Wildman–Crippen MR) is 151 cm³/mol. The van der Waals surface area contributed by atoms with Crippen molar-refractivity contribution in [2.24, 2.45) is 11.8 Å². The van der Waals surface area contributed by atoms with Crippen LogP contribution in [0, 0.1) is 29.0 Å². The lowest BCUT2D eigenvalue weighted by atomic mass is 9.68. The molecule has 2 aromatic carbocycles. The molecule has 2 unspecified atom stereocenters. The van der Waals surface area contributed by atoms with Crippen LogP contribution >= 0.6 is 34.5 Å². The van der Waals surface area contributed by atoms with Gasteiger partial charge in [-0.1, -0.05) is 34.4 Å². The van der Waals surface area contributed by atoms with Crippen LogP contribution in [0.1, 0.15) is 66.3 Å². The van der Waals surface area contributed by atoms with Gasteiger partial charge in [0.25, 0.3) is 6.43 Å². The molecule has 3 aliphatic carbocycles. The Morgan fingerprint density at radius 3 is 2.45 bits per heavy atom. The van der Waals surface area contributed by atoms with Crippen LogP contribution in [0.5, 0.6) is 0 Å². The maximum absolute atomic E-state index is 15.0. The smallest absolute Gasteiger partial charge is 0.267 e. The first-order valence-electron chi connectivity index (χ1n) is 13.7. The number of ether oxygens (including phenoxy) is 1. The average molecular weight is 635 g/mol. The first-order chi connectivity index (χ1) is 20.1. The Morgan fingerprint density at radius 2 is 1.83 bits per heavy atom. The molecule has 0 aliphatic heterocycles. The van der Waals surface area contributed by atoms with E-state index in [0.717, 1.165) is 30.2 Å². The molecular weight excluding hydrogens is 610 g/mol. The van der Waals surface area contributed by atoms with Crippen LogP contribution in [-0.2, 0) is 16.9 Å². The zero-order valence-electron chi connectivity index (χ0n) is 22.0. The summed E-state index contributed by atoms with van der Waals surface area (Å²) in [6, 6.07) is 9.61. The van der Waals surface area contributed by atoms with Crippen LogP contribution < -0.4 is 0 Å². The predicted octanol–water partition coefficient (Wildman–Crippen LogP) is 8.37. The number of nitriles is 1. The molecule has 2 aromatic heterocycles. The minimum absolute atomic E-state index is 0.0644. The number of benzene rings is 2. The second kappa shape index (κ2) is 10.2. The van der Waals surface area contributed by atoms with E-state index in [9.17, 15) is 23.5 Å². The van der Waals surface area contributed by atoms with Gasteiger partial charge in [0.15, 0.2) is 5.82 Å². The highest BCUT2D eigenvalue weighted by atomic mass is 35.5. The Bertz CT molecular complexity index is 1710. The lowest BCUT2D eigenvalue weighted by Crippen LogP contribution is -2.54. The average Bonchev–Trinajstić information content (AvgIpc) is 3.53. The van der Waals surface area contributed by atoms with Gasteiger partial charge in [0.1, 0.15) is 33.2 Å². The summed E-state index contributed by atoms with van der Waals surface area (Å²) in [5, 5.41) is 26.5. The fourth-order valence-corrected chi connectivity index (χ4v) is 8.65. The summed E-state index contributed by atoms with van der Waals surface area (Å²) in [4.78, 5) is 4.41. The van der Waals surface area contributed by atoms with Crippen molar-refractivity contribution in [1.82, 2.24) is 10.1 Å². The van der Waals surface area contributed by atoms with E-state index in [-0.39, 0.29) is 41.5 Å². The van der Waals surface area contributed by atoms with Crippen LogP contribution in [0.4, 0.5) is 13.2 Å². The standard InChI is InChI=1S/C30H24Cl2F3N3O3S/c31-19-2-1-3-20(32)23(19)24-18(26(41-38-24)15-4-5-15)13-40-29(27(34)35)10-16-6-7-17(11-29)30(16,39)28-37-25-21(33)8-14(12-36)9-22(25)42-28/h1-3,8-9,15-17,27,39H,4-7,10-11,13H2/t16-,17+,29?,30?. The summed E-state index contributed by atoms with van der Waals surface area (Å²) in [5.74, 6) is -1.09. The van der Waals surface area contributed by atoms with Crippen molar-refractivity contribution in [1.29, 1.82) is 5.26 Å². The SMILES string of the molecule is N#Cc1cc(F)c2nc(C3(O)[C@@H]4CC[C@H]3CC(OCc3c(-c5c(Cl)cccc5Cl)noc3C3CC3)(C(F)F)C4)sc2c1. The molecule has 2 bridgehead atoms. The topological polar surface area (TPSA) is 92.2 Å². The summed E-state index contributed by atoms with van der Waals surface area (Å²) in [5.41, 5.74) is -1.73. The molecule has 0 radical (unpaired) electrons. The molecule has 3 aliphatic rings. The Kier molecular flexibility index (Phi) is 6.83. The van der Waals surface area contributed by atoms with Crippen LogP contribution in [0.25, 0.3) is 21.5 Å². The van der Waals surface area contributed by atoms with Crippen LogP contribution in [0.3, 0.4) is 0 Å². The molecule has 4 atom stereocenters. The number of alkyl halides is 2. The lowest BCUT2D eigenvalue weighted by molar-refractivity contribution is -0.215. The second-order valence-corrected chi connectivity index (χ2v) is 13.4. The maximum Gasteiger partial charge on any atom is 0.267 e. The fourth-order valence-electron chi connectivity index (χ4n) is 6.81. The van der Waals surface area contributed by atoms with Gasteiger partial charge in [-0.25, -0.2) is 18.2 Å². The molecule has 3 saturated carbocycles. The van der Waals surface area contributed by atoms with Gasteiger partial charge < -0.3 is 14.4 Å². The number of aliphatic hydroxyl groups is 1. The quantitative estimate of drug-likeness (QED) is 0.220. The Balaban J connectivity index is 1.21. The molecule has 0 amide bonds. The van der Waals surface area contributed by atoms with Gasteiger partial charge in [-0.05, 0) is 74.6 Å². The fraction of sp³-hybridized carbons (Fsp3) is 0.433. The Hall–Kier alpha value is -2.68. The number of halogens is 5. The first-order valence-corrected chi connectivity index (χ1v) is 15.3. The van der Waals surface area contributed by atoms with Crippen LogP contribution in [-0.4, -0.2) is 27.3 Å². The van der Waals surface area contributed by atoms with E-state index >= 15 is 0 Å². The third-order valence-electron chi connectivity index (χ3n) is 9.08. The van der Waals surface area contributed by atoms with Crippen molar-refractivity contribution >= 4 is 44.8 Å². The highest BCUT2D eigenvalue weighted by Crippen LogP contribution is 2.61. The molecule has 0 spiro atoms. The Labute approximate surface area is 253 Å². The highest BCUT2D eigenvalue weighted by Gasteiger charge is 2.63. The molecule has 42 heavy (non-hydrogen) atoms. The van der Waals surface area contributed by atoms with Gasteiger partial charge in [-0.3, -0.25) is 0 Å². The van der Waals surface area contributed by atoms with E-state index in [2.05, 4.69) is 10.1 Å². The molecule has 4 aromatic rings. The largest absolute Gasteiger partial charge is 0.382 e. The van der Waals surface area contributed by atoms with Crippen molar-refractivity contribution in [3.8, 4) is 17.3 Å². The lowest BCUT2D eigenvalue weighted by Gasteiger charge is -2.47. The van der Waals surface area contributed by atoms with Crippen LogP contribution in [0.15, 0.2) is 34.9 Å². The number of hydrogen-bond acceptors (Lipinski definition) is 7. The van der Waals surface area contributed by atoms with Gasteiger partial charge in [-0.2, -0.15) is 5.26 Å². The summed E-state index contributed by atoms with van der Waals surface area (Å²) in [7, 11) is 0. The zero-order valence-corrected chi connectivity index (χ0v) is 24.4. The van der Waals surface area contributed by atoms with E-state index in [0.29, 0.717) is 50.2 Å². The van der Waals surface area contributed by atoms with Crippen LogP contribution in [0.2, 0.25) is 10.0 Å². The summed E-state index contributed by atoms with van der Waals surface area (Å²) in [6.07, 6.45) is -0.240. The zero-order chi connectivity index (χ0) is 29.4. The van der Waals surface area contributed by atoms with E-state index in [1.165, 1.54) is 6.07 Å². The number of thiazole rings is 1. The molecule has 218 valence electrons. The monoisotopic (exact) mass is 633 g/mol. The Morgan fingerprint density at radius 1 is 1.14 bits per heavy atom. The minimum atomic E-state index is -2.83. The first kappa shape index (κ1) is 28.1. The number of fused-ring (bicyclic) bond motifs is 3. The summed E-state index contributed by atoms with van der Waals surface area (Å²) >= 11 is 14.0. The molecule has 6 nitrogen and oxygen atoms in total. The van der Waals surface area contributed by atoms with Crippen molar-refractivity contribution in [2.45, 2.75) is 68.7 Å². The molecule has 0 saturated heterocycles. The van der Waals surface area contributed by atoms with E-state index in [4.69, 9.17) is 32.5 Å². The number of rotatable bonds is 7. The van der Waals surface area contributed by atoms with Crippen molar-refractivity contribution in [3.05, 3.63) is 68.1 Å². The molecule has 2 heterocycles. The minimum Gasteiger partial charge on any atom is -0.382 e. The van der Waals surface area contributed by atoms with E-state index in [1.807, 2.05) is 6.07 Å². The van der Waals surface area contributed by atoms with Crippen molar-refractivity contribution in [2.75, 3.05) is 0 Å². The summed E-state index contributed by atoms with van der Waals surface area (Å²) < 4.78 is 56.9. The number of nitrogens with zero attached hydrogens (tertiary/aromatic N) is 3. The van der Waals surface area contributed by atoms with E-state index < -0.39 is 35.3 Å². The molecule has 1 N–H and O–H groups in total.